The molecule has 1 N–H and O–H groups in total. The van der Waals surface area contributed by atoms with Gasteiger partial charge in [-0.05, 0) is 55.5 Å². The zero-order chi connectivity index (χ0) is 16.6. The number of hydrogen-bond acceptors (Lipinski definition) is 3. The quantitative estimate of drug-likeness (QED) is 0.942. The van der Waals surface area contributed by atoms with Crippen LogP contribution in [0.15, 0.2) is 28.7 Å². The van der Waals surface area contributed by atoms with E-state index < -0.39 is 5.97 Å². The lowest BCUT2D eigenvalue weighted by atomic mass is 10.1. The number of carboxylic acids is 1. The van der Waals surface area contributed by atoms with E-state index in [0.717, 1.165) is 19.3 Å². The minimum atomic E-state index is -1.02. The first kappa shape index (κ1) is 15.3. The zero-order valence-electron chi connectivity index (χ0n) is 13.3. The van der Waals surface area contributed by atoms with Crippen molar-refractivity contribution in [2.45, 2.75) is 32.7 Å². The van der Waals surface area contributed by atoms with Gasteiger partial charge in [-0.2, -0.15) is 0 Å². The maximum atomic E-state index is 12.5. The zero-order valence-corrected chi connectivity index (χ0v) is 13.3. The number of carbonyl (C=O) groups excluding carboxylic acids is 1. The van der Waals surface area contributed by atoms with Crippen LogP contribution in [-0.2, 0) is 19.4 Å². The topological polar surface area (TPSA) is 70.8 Å². The second kappa shape index (κ2) is 5.91. The molecule has 0 aliphatic heterocycles. The molecule has 3 rings (SSSR count). The number of fused-ring (bicyclic) bond motifs is 1. The van der Waals surface area contributed by atoms with Gasteiger partial charge in [-0.1, -0.05) is 6.07 Å². The maximum Gasteiger partial charge on any atom is 0.339 e. The molecular formula is C18H19NO4. The number of rotatable bonds is 4. The second-order valence-corrected chi connectivity index (χ2v) is 5.99. The summed E-state index contributed by atoms with van der Waals surface area (Å²) in [6.07, 6.45) is 3.26. The number of aromatic carboxylic acids is 1. The van der Waals surface area contributed by atoms with Gasteiger partial charge in [0.1, 0.15) is 17.1 Å². The molecule has 0 saturated heterocycles. The monoisotopic (exact) mass is 313 g/mol. The van der Waals surface area contributed by atoms with Crippen molar-refractivity contribution in [1.29, 1.82) is 0 Å². The first-order valence-corrected chi connectivity index (χ1v) is 7.65. The maximum absolute atomic E-state index is 12.5. The van der Waals surface area contributed by atoms with E-state index in [0.29, 0.717) is 17.1 Å². The minimum absolute atomic E-state index is 0.0920. The Balaban J connectivity index is 1.75. The molecule has 0 saturated carbocycles. The Kier molecular flexibility index (Phi) is 3.94. The predicted molar refractivity (Wildman–Crippen MR) is 84.7 cm³/mol. The van der Waals surface area contributed by atoms with E-state index >= 15 is 0 Å². The molecule has 0 atom stereocenters. The number of aryl methyl sites for hydroxylation is 3. The minimum Gasteiger partial charge on any atom is -0.478 e. The average molecular weight is 313 g/mol. The Hall–Kier alpha value is -2.56. The summed E-state index contributed by atoms with van der Waals surface area (Å²) in [6, 6.07) is 7.34. The van der Waals surface area contributed by atoms with Crippen LogP contribution in [0.4, 0.5) is 0 Å². The van der Waals surface area contributed by atoms with E-state index in [2.05, 4.69) is 0 Å². The highest BCUT2D eigenvalue weighted by atomic mass is 16.4. The molecule has 1 aromatic heterocycles. The van der Waals surface area contributed by atoms with Gasteiger partial charge < -0.3 is 14.4 Å². The van der Waals surface area contributed by atoms with Crippen molar-refractivity contribution >= 4 is 11.9 Å². The number of amides is 1. The Labute approximate surface area is 134 Å². The van der Waals surface area contributed by atoms with E-state index in [1.54, 1.807) is 18.9 Å². The van der Waals surface area contributed by atoms with Gasteiger partial charge in [-0.3, -0.25) is 4.79 Å². The van der Waals surface area contributed by atoms with Gasteiger partial charge in [-0.25, -0.2) is 4.79 Å². The molecule has 0 fully saturated rings. The van der Waals surface area contributed by atoms with Crippen LogP contribution < -0.4 is 0 Å². The van der Waals surface area contributed by atoms with Crippen molar-refractivity contribution in [3.63, 3.8) is 0 Å². The van der Waals surface area contributed by atoms with Crippen molar-refractivity contribution in [1.82, 2.24) is 4.90 Å². The number of benzene rings is 1. The molecule has 1 aliphatic carbocycles. The Bertz CT molecular complexity index is 775. The lowest BCUT2D eigenvalue weighted by Gasteiger charge is -2.16. The number of hydrogen-bond donors (Lipinski definition) is 1. The molecule has 0 radical (unpaired) electrons. The molecule has 5 nitrogen and oxygen atoms in total. The highest BCUT2D eigenvalue weighted by Gasteiger charge is 2.19. The number of carboxylic acid groups (broad SMARTS) is 1. The summed E-state index contributed by atoms with van der Waals surface area (Å²) < 4.78 is 5.43. The molecule has 1 aliphatic rings. The molecule has 2 aromatic rings. The summed E-state index contributed by atoms with van der Waals surface area (Å²) in [6.45, 7) is 1.85. The van der Waals surface area contributed by atoms with Crippen LogP contribution in [0.5, 0.6) is 0 Å². The predicted octanol–water partition coefficient (Wildman–Crippen LogP) is 3.05. The lowest BCUT2D eigenvalue weighted by molar-refractivity contribution is 0.0694. The highest BCUT2D eigenvalue weighted by molar-refractivity contribution is 5.94. The standard InChI is InChI=1S/C18H19NO4/c1-11-16(18(21)22)9-15(23-11)10-19(2)17(20)14-7-6-12-4-3-5-13(12)8-14/h6-9H,3-5,10H2,1-2H3,(H,21,22). The number of carbonyl (C=O) groups is 2. The smallest absolute Gasteiger partial charge is 0.339 e. The van der Waals surface area contributed by atoms with Crippen molar-refractivity contribution < 1.29 is 19.1 Å². The van der Waals surface area contributed by atoms with E-state index in [-0.39, 0.29) is 18.0 Å². The summed E-state index contributed by atoms with van der Waals surface area (Å²) in [5.41, 5.74) is 3.39. The van der Waals surface area contributed by atoms with Crippen LogP contribution in [0.3, 0.4) is 0 Å². The molecular weight excluding hydrogens is 294 g/mol. The summed E-state index contributed by atoms with van der Waals surface area (Å²) in [7, 11) is 1.69. The molecule has 0 bridgehead atoms. The molecule has 1 aromatic carbocycles. The molecule has 120 valence electrons. The largest absolute Gasteiger partial charge is 0.478 e. The van der Waals surface area contributed by atoms with Gasteiger partial charge >= 0.3 is 5.97 Å². The van der Waals surface area contributed by atoms with Gasteiger partial charge in [-0.15, -0.1) is 0 Å². The van der Waals surface area contributed by atoms with Crippen LogP contribution in [0.25, 0.3) is 0 Å². The molecule has 23 heavy (non-hydrogen) atoms. The molecule has 1 amide bonds. The first-order chi connectivity index (χ1) is 11.0. The summed E-state index contributed by atoms with van der Waals surface area (Å²) in [5.74, 6) is -0.293. The normalized spacial score (nSPS) is 13.0. The van der Waals surface area contributed by atoms with Gasteiger partial charge in [0.05, 0.1) is 6.54 Å². The third-order valence-electron chi connectivity index (χ3n) is 4.28. The van der Waals surface area contributed by atoms with Crippen LogP contribution >= 0.6 is 0 Å². The lowest BCUT2D eigenvalue weighted by Crippen LogP contribution is -2.26. The van der Waals surface area contributed by atoms with Gasteiger partial charge in [0, 0.05) is 12.6 Å². The fraction of sp³-hybridized carbons (Fsp3) is 0.333. The van der Waals surface area contributed by atoms with Crippen LogP contribution in [-0.4, -0.2) is 28.9 Å². The van der Waals surface area contributed by atoms with Crippen LogP contribution in [0.2, 0.25) is 0 Å². The molecule has 1 heterocycles. The summed E-state index contributed by atoms with van der Waals surface area (Å²) >= 11 is 0. The Morgan fingerprint density at radius 1 is 1.22 bits per heavy atom. The van der Waals surface area contributed by atoms with Crippen molar-refractivity contribution in [3.05, 3.63) is 58.0 Å². The van der Waals surface area contributed by atoms with Crippen molar-refractivity contribution in [2.24, 2.45) is 0 Å². The van der Waals surface area contributed by atoms with Crippen molar-refractivity contribution in [2.75, 3.05) is 7.05 Å². The first-order valence-electron chi connectivity index (χ1n) is 7.65. The SMILES string of the molecule is Cc1oc(CN(C)C(=O)c2ccc3c(c2)CCC3)cc1C(=O)O. The average Bonchev–Trinajstić information content (AvgIpc) is 3.11. The van der Waals surface area contributed by atoms with Crippen molar-refractivity contribution in [3.8, 4) is 0 Å². The van der Waals surface area contributed by atoms with E-state index in [1.165, 1.54) is 17.2 Å². The molecule has 0 spiro atoms. The van der Waals surface area contributed by atoms with Gasteiger partial charge in [0.15, 0.2) is 0 Å². The highest BCUT2D eigenvalue weighted by Crippen LogP contribution is 2.24. The van der Waals surface area contributed by atoms with Crippen LogP contribution in [0.1, 0.15) is 49.8 Å². The van der Waals surface area contributed by atoms with E-state index in [1.807, 2.05) is 18.2 Å². The fourth-order valence-electron chi connectivity index (χ4n) is 3.06. The molecule has 0 unspecified atom stereocenters. The third-order valence-corrected chi connectivity index (χ3v) is 4.28. The molecule has 5 heteroatoms. The van der Waals surface area contributed by atoms with Gasteiger partial charge in [0.25, 0.3) is 5.91 Å². The Morgan fingerprint density at radius 2 is 1.96 bits per heavy atom. The number of nitrogens with zero attached hydrogens (tertiary/aromatic N) is 1. The van der Waals surface area contributed by atoms with E-state index in [4.69, 9.17) is 9.52 Å². The van der Waals surface area contributed by atoms with Gasteiger partial charge in [0.2, 0.25) is 0 Å². The van der Waals surface area contributed by atoms with E-state index in [9.17, 15) is 9.59 Å². The number of furan rings is 1. The summed E-state index contributed by atoms with van der Waals surface area (Å²) in [4.78, 5) is 25.1. The fourth-order valence-corrected chi connectivity index (χ4v) is 3.06. The Morgan fingerprint density at radius 3 is 2.65 bits per heavy atom. The second-order valence-electron chi connectivity index (χ2n) is 5.99. The van der Waals surface area contributed by atoms with Crippen LogP contribution in [0, 0.1) is 6.92 Å². The third kappa shape index (κ3) is 2.99. The summed E-state index contributed by atoms with van der Waals surface area (Å²) in [5, 5.41) is 9.05.